The van der Waals surface area contributed by atoms with Gasteiger partial charge in [0.1, 0.15) is 9.84 Å². The lowest BCUT2D eigenvalue weighted by Crippen LogP contribution is -2.27. The number of hydrogen-bond acceptors (Lipinski definition) is 3. The van der Waals surface area contributed by atoms with Gasteiger partial charge in [-0.2, -0.15) is 0 Å². The van der Waals surface area contributed by atoms with E-state index in [-0.39, 0.29) is 5.75 Å². The van der Waals surface area contributed by atoms with Gasteiger partial charge in [-0.25, -0.2) is 8.42 Å². The summed E-state index contributed by atoms with van der Waals surface area (Å²) < 4.78 is 22.3. The van der Waals surface area contributed by atoms with E-state index < -0.39 is 9.84 Å². The SMILES string of the molecule is CS(=O)(=O)CCNC1CCCCc2ccccc21. The molecule has 0 bridgehead atoms. The number of rotatable bonds is 4. The van der Waals surface area contributed by atoms with Crippen molar-refractivity contribution in [3.8, 4) is 0 Å². The number of sulfone groups is 1. The highest BCUT2D eigenvalue weighted by Crippen LogP contribution is 2.28. The summed E-state index contributed by atoms with van der Waals surface area (Å²) in [5.74, 6) is 0.214. The van der Waals surface area contributed by atoms with Gasteiger partial charge < -0.3 is 5.32 Å². The van der Waals surface area contributed by atoms with Crippen LogP contribution in [0.3, 0.4) is 0 Å². The van der Waals surface area contributed by atoms with E-state index in [4.69, 9.17) is 0 Å². The minimum Gasteiger partial charge on any atom is -0.309 e. The van der Waals surface area contributed by atoms with Crippen molar-refractivity contribution in [2.75, 3.05) is 18.6 Å². The summed E-state index contributed by atoms with van der Waals surface area (Å²) in [7, 11) is -2.87. The van der Waals surface area contributed by atoms with Crippen molar-refractivity contribution >= 4 is 9.84 Å². The van der Waals surface area contributed by atoms with Gasteiger partial charge in [-0.3, -0.25) is 0 Å². The predicted molar refractivity (Wildman–Crippen MR) is 74.5 cm³/mol. The van der Waals surface area contributed by atoms with Crippen LogP contribution < -0.4 is 5.32 Å². The largest absolute Gasteiger partial charge is 0.309 e. The molecule has 0 radical (unpaired) electrons. The molecule has 1 aliphatic rings. The predicted octanol–water partition coefficient (Wildman–Crippen LogP) is 2.09. The Balaban J connectivity index is 2.04. The first-order valence-electron chi connectivity index (χ1n) is 6.55. The van der Waals surface area contributed by atoms with Crippen molar-refractivity contribution in [3.63, 3.8) is 0 Å². The first-order chi connectivity index (χ1) is 8.56. The second kappa shape index (κ2) is 5.85. The minimum absolute atomic E-state index is 0.214. The Morgan fingerprint density at radius 1 is 1.28 bits per heavy atom. The Bertz CT molecular complexity index is 496. The summed E-state index contributed by atoms with van der Waals surface area (Å²) in [6, 6.07) is 8.81. The van der Waals surface area contributed by atoms with Gasteiger partial charge in [0, 0.05) is 18.8 Å². The standard InChI is InChI=1S/C14H21NO2S/c1-18(16,17)11-10-15-14-9-5-3-7-12-6-2-4-8-13(12)14/h2,4,6,8,14-15H,3,5,7,9-11H2,1H3. The number of fused-ring (bicyclic) bond motifs is 1. The molecule has 3 nitrogen and oxygen atoms in total. The van der Waals surface area contributed by atoms with Crippen LogP contribution in [0.1, 0.15) is 36.4 Å². The Kier molecular flexibility index (Phi) is 4.40. The summed E-state index contributed by atoms with van der Waals surface area (Å²) in [6.07, 6.45) is 5.95. The lowest BCUT2D eigenvalue weighted by Gasteiger charge is -2.19. The topological polar surface area (TPSA) is 46.2 Å². The third-order valence-corrected chi connectivity index (χ3v) is 4.43. The molecule has 0 aromatic heterocycles. The molecular weight excluding hydrogens is 246 g/mol. The maximum absolute atomic E-state index is 11.1. The third kappa shape index (κ3) is 3.82. The maximum atomic E-state index is 11.1. The molecule has 1 atom stereocenters. The van der Waals surface area contributed by atoms with Crippen LogP contribution in [0.5, 0.6) is 0 Å². The van der Waals surface area contributed by atoms with Crippen LogP contribution in [0.2, 0.25) is 0 Å². The molecule has 0 spiro atoms. The molecule has 0 fully saturated rings. The summed E-state index contributed by atoms with van der Waals surface area (Å²) in [5, 5.41) is 3.40. The quantitative estimate of drug-likeness (QED) is 0.850. The monoisotopic (exact) mass is 267 g/mol. The fourth-order valence-electron chi connectivity index (χ4n) is 2.55. The zero-order valence-corrected chi connectivity index (χ0v) is 11.7. The minimum atomic E-state index is -2.87. The third-order valence-electron chi connectivity index (χ3n) is 3.48. The second-order valence-corrected chi connectivity index (χ2v) is 7.34. The average molecular weight is 267 g/mol. The summed E-state index contributed by atoms with van der Waals surface area (Å²) in [5.41, 5.74) is 2.76. The Morgan fingerprint density at radius 2 is 2.06 bits per heavy atom. The van der Waals surface area contributed by atoms with Crippen molar-refractivity contribution in [1.29, 1.82) is 0 Å². The van der Waals surface area contributed by atoms with Gasteiger partial charge in [0.2, 0.25) is 0 Å². The van der Waals surface area contributed by atoms with E-state index in [1.165, 1.54) is 30.2 Å². The first kappa shape index (κ1) is 13.6. The molecule has 2 rings (SSSR count). The van der Waals surface area contributed by atoms with Crippen LogP contribution >= 0.6 is 0 Å². The second-order valence-electron chi connectivity index (χ2n) is 5.08. The van der Waals surface area contributed by atoms with Crippen LogP contribution in [0.4, 0.5) is 0 Å². The molecule has 0 heterocycles. The van der Waals surface area contributed by atoms with Gasteiger partial charge in [0.25, 0.3) is 0 Å². The fourth-order valence-corrected chi connectivity index (χ4v) is 3.04. The molecule has 0 amide bonds. The molecular formula is C14H21NO2S. The zero-order chi connectivity index (χ0) is 13.0. The van der Waals surface area contributed by atoms with Crippen LogP contribution in [0, 0.1) is 0 Å². The lowest BCUT2D eigenvalue weighted by atomic mass is 9.99. The van der Waals surface area contributed by atoms with E-state index in [2.05, 4.69) is 29.6 Å². The van der Waals surface area contributed by atoms with Crippen molar-refractivity contribution in [1.82, 2.24) is 5.32 Å². The highest BCUT2D eigenvalue weighted by Gasteiger charge is 2.17. The van der Waals surface area contributed by atoms with Crippen LogP contribution in [0.25, 0.3) is 0 Å². The van der Waals surface area contributed by atoms with Gasteiger partial charge in [-0.1, -0.05) is 30.7 Å². The Morgan fingerprint density at radius 3 is 2.83 bits per heavy atom. The molecule has 1 unspecified atom stereocenters. The van der Waals surface area contributed by atoms with Crippen molar-refractivity contribution in [2.24, 2.45) is 0 Å². The summed E-state index contributed by atoms with van der Waals surface area (Å²) >= 11 is 0. The summed E-state index contributed by atoms with van der Waals surface area (Å²) in [4.78, 5) is 0. The zero-order valence-electron chi connectivity index (χ0n) is 10.9. The first-order valence-corrected chi connectivity index (χ1v) is 8.61. The van der Waals surface area contributed by atoms with E-state index in [1.807, 2.05) is 0 Å². The van der Waals surface area contributed by atoms with Crippen molar-refractivity contribution in [2.45, 2.75) is 31.7 Å². The van der Waals surface area contributed by atoms with E-state index in [1.54, 1.807) is 0 Å². The molecule has 100 valence electrons. The number of nitrogens with one attached hydrogen (secondary N) is 1. The highest BCUT2D eigenvalue weighted by molar-refractivity contribution is 7.90. The number of hydrogen-bond donors (Lipinski definition) is 1. The normalized spacial score (nSPS) is 20.2. The molecule has 0 aliphatic heterocycles. The van der Waals surface area contributed by atoms with Gasteiger partial charge in [0.15, 0.2) is 0 Å². The molecule has 0 saturated carbocycles. The van der Waals surface area contributed by atoms with Gasteiger partial charge in [0.05, 0.1) is 5.75 Å². The van der Waals surface area contributed by atoms with E-state index >= 15 is 0 Å². The van der Waals surface area contributed by atoms with Gasteiger partial charge in [-0.15, -0.1) is 0 Å². The van der Waals surface area contributed by atoms with Gasteiger partial charge >= 0.3 is 0 Å². The molecule has 18 heavy (non-hydrogen) atoms. The lowest BCUT2D eigenvalue weighted by molar-refractivity contribution is 0.502. The molecule has 4 heteroatoms. The average Bonchev–Trinajstić information content (AvgIpc) is 2.51. The smallest absolute Gasteiger partial charge is 0.148 e. The molecule has 1 aliphatic carbocycles. The highest BCUT2D eigenvalue weighted by atomic mass is 32.2. The number of benzene rings is 1. The van der Waals surface area contributed by atoms with Crippen LogP contribution in [0.15, 0.2) is 24.3 Å². The van der Waals surface area contributed by atoms with Crippen molar-refractivity contribution < 1.29 is 8.42 Å². The summed E-state index contributed by atoms with van der Waals surface area (Å²) in [6.45, 7) is 0.540. The van der Waals surface area contributed by atoms with Crippen LogP contribution in [-0.4, -0.2) is 27.0 Å². The molecule has 1 N–H and O–H groups in total. The van der Waals surface area contributed by atoms with E-state index in [0.29, 0.717) is 12.6 Å². The molecule has 1 aromatic rings. The maximum Gasteiger partial charge on any atom is 0.148 e. The van der Waals surface area contributed by atoms with Crippen molar-refractivity contribution in [3.05, 3.63) is 35.4 Å². The Labute approximate surface area is 110 Å². The van der Waals surface area contributed by atoms with Gasteiger partial charge in [-0.05, 0) is 30.4 Å². The number of aryl methyl sites for hydroxylation is 1. The Hall–Kier alpha value is -0.870. The molecule has 1 aromatic carbocycles. The fraction of sp³-hybridized carbons (Fsp3) is 0.571. The van der Waals surface area contributed by atoms with E-state index in [0.717, 1.165) is 12.8 Å². The van der Waals surface area contributed by atoms with Crippen LogP contribution in [-0.2, 0) is 16.3 Å². The molecule has 0 saturated heterocycles. The van der Waals surface area contributed by atoms with E-state index in [9.17, 15) is 8.42 Å².